The molecule has 0 bridgehead atoms. The quantitative estimate of drug-likeness (QED) is 0.411. The van der Waals surface area contributed by atoms with E-state index in [1.807, 2.05) is 32.0 Å². The Morgan fingerprint density at radius 3 is 2.52 bits per heavy atom. The van der Waals surface area contributed by atoms with Crippen molar-refractivity contribution in [1.82, 2.24) is 9.78 Å². The number of rotatable bonds is 11. The molecule has 0 saturated carbocycles. The zero-order chi connectivity index (χ0) is 23.6. The lowest BCUT2D eigenvalue weighted by Gasteiger charge is -2.12. The average molecular weight is 457 g/mol. The number of nitrogens with one attached hydrogen (secondary N) is 1. The Morgan fingerprint density at radius 2 is 1.82 bits per heavy atom. The third kappa shape index (κ3) is 7.34. The number of benzene rings is 2. The lowest BCUT2D eigenvalue weighted by Crippen LogP contribution is -2.07. The van der Waals surface area contributed by atoms with Gasteiger partial charge in [-0.15, -0.1) is 0 Å². The predicted octanol–water partition coefficient (Wildman–Crippen LogP) is 4.98. The van der Waals surface area contributed by atoms with Crippen molar-refractivity contribution in [2.75, 3.05) is 18.5 Å². The molecule has 0 radical (unpaired) electrons. The molecule has 7 nitrogen and oxygen atoms in total. The van der Waals surface area contributed by atoms with Crippen LogP contribution in [-0.4, -0.2) is 35.5 Å². The minimum absolute atomic E-state index is 0.0555. The van der Waals surface area contributed by atoms with Crippen LogP contribution in [0.25, 0.3) is 6.08 Å². The van der Waals surface area contributed by atoms with E-state index in [1.165, 1.54) is 18.2 Å². The van der Waals surface area contributed by atoms with Gasteiger partial charge in [-0.2, -0.15) is 13.9 Å². The van der Waals surface area contributed by atoms with Gasteiger partial charge in [0.2, 0.25) is 5.91 Å². The van der Waals surface area contributed by atoms with Crippen LogP contribution in [0.4, 0.5) is 14.5 Å². The standard InChI is InChI=1S/C24H25F2N3O4/c1-3-31-21-11-7-18(13-22(21)32-4-2)15-29-16-19(14-27-29)28-23(30)12-8-17-5-9-20(10-6-17)33-24(25)26/h5-14,16,24H,3-4,15H2,1-2H3,(H,28,30)/b12-8-. The molecule has 0 aliphatic carbocycles. The second-order valence-electron chi connectivity index (χ2n) is 6.84. The molecular formula is C24H25F2N3O4. The molecule has 0 spiro atoms. The van der Waals surface area contributed by atoms with Crippen molar-refractivity contribution >= 4 is 17.7 Å². The minimum Gasteiger partial charge on any atom is -0.490 e. The summed E-state index contributed by atoms with van der Waals surface area (Å²) in [6, 6.07) is 11.7. The Morgan fingerprint density at radius 1 is 1.09 bits per heavy atom. The first-order valence-electron chi connectivity index (χ1n) is 10.4. The predicted molar refractivity (Wildman–Crippen MR) is 121 cm³/mol. The van der Waals surface area contributed by atoms with Crippen LogP contribution in [0.2, 0.25) is 0 Å². The van der Waals surface area contributed by atoms with Gasteiger partial charge in [0, 0.05) is 12.3 Å². The molecule has 1 aromatic heterocycles. The molecule has 3 rings (SSSR count). The zero-order valence-corrected chi connectivity index (χ0v) is 18.3. The van der Waals surface area contributed by atoms with Gasteiger partial charge in [-0.25, -0.2) is 0 Å². The number of alkyl halides is 2. The summed E-state index contributed by atoms with van der Waals surface area (Å²) in [5.74, 6) is 1.08. The third-order valence-corrected chi connectivity index (χ3v) is 4.39. The number of aromatic nitrogens is 2. The molecule has 1 amide bonds. The summed E-state index contributed by atoms with van der Waals surface area (Å²) >= 11 is 0. The normalized spacial score (nSPS) is 11.1. The maximum absolute atomic E-state index is 12.2. The topological polar surface area (TPSA) is 74.6 Å². The van der Waals surface area contributed by atoms with Crippen molar-refractivity contribution in [3.8, 4) is 17.2 Å². The summed E-state index contributed by atoms with van der Waals surface area (Å²) in [4.78, 5) is 12.2. The van der Waals surface area contributed by atoms with Crippen molar-refractivity contribution < 1.29 is 27.8 Å². The molecule has 0 atom stereocenters. The zero-order valence-electron chi connectivity index (χ0n) is 18.3. The summed E-state index contributed by atoms with van der Waals surface area (Å²) in [7, 11) is 0. The van der Waals surface area contributed by atoms with Crippen LogP contribution < -0.4 is 19.5 Å². The Hall–Kier alpha value is -3.88. The van der Waals surface area contributed by atoms with Crippen molar-refractivity contribution in [3.05, 3.63) is 72.1 Å². The molecule has 3 aromatic rings. The van der Waals surface area contributed by atoms with E-state index >= 15 is 0 Å². The molecule has 33 heavy (non-hydrogen) atoms. The molecule has 0 unspecified atom stereocenters. The highest BCUT2D eigenvalue weighted by Gasteiger charge is 2.08. The number of hydrogen-bond acceptors (Lipinski definition) is 5. The fourth-order valence-electron chi connectivity index (χ4n) is 3.01. The number of halogens is 2. The number of amides is 1. The van der Waals surface area contributed by atoms with Crippen LogP contribution >= 0.6 is 0 Å². The largest absolute Gasteiger partial charge is 0.490 e. The lowest BCUT2D eigenvalue weighted by atomic mass is 10.2. The first-order valence-corrected chi connectivity index (χ1v) is 10.4. The molecule has 1 N–H and O–H groups in total. The van der Waals surface area contributed by atoms with E-state index in [-0.39, 0.29) is 11.7 Å². The van der Waals surface area contributed by atoms with E-state index in [4.69, 9.17) is 9.47 Å². The van der Waals surface area contributed by atoms with Gasteiger partial charge in [-0.3, -0.25) is 9.48 Å². The Bertz CT molecular complexity index is 1080. The van der Waals surface area contributed by atoms with Crippen LogP contribution in [0, 0.1) is 0 Å². The smallest absolute Gasteiger partial charge is 0.387 e. The first kappa shape index (κ1) is 23.8. The molecule has 174 valence electrons. The van der Waals surface area contributed by atoms with Gasteiger partial charge in [0.1, 0.15) is 5.75 Å². The van der Waals surface area contributed by atoms with E-state index in [0.717, 1.165) is 5.56 Å². The van der Waals surface area contributed by atoms with Crippen LogP contribution in [0.1, 0.15) is 25.0 Å². The summed E-state index contributed by atoms with van der Waals surface area (Å²) in [6.45, 7) is 2.53. The van der Waals surface area contributed by atoms with Crippen molar-refractivity contribution in [2.45, 2.75) is 27.0 Å². The maximum atomic E-state index is 12.2. The van der Waals surface area contributed by atoms with Gasteiger partial charge in [-0.05, 0) is 55.3 Å². The lowest BCUT2D eigenvalue weighted by molar-refractivity contribution is -0.111. The Kier molecular flexibility index (Phi) is 8.40. The highest BCUT2D eigenvalue weighted by Crippen LogP contribution is 2.29. The molecular weight excluding hydrogens is 432 g/mol. The molecule has 1 heterocycles. The van der Waals surface area contributed by atoms with Gasteiger partial charge < -0.3 is 19.5 Å². The highest BCUT2D eigenvalue weighted by molar-refractivity contribution is 6.01. The summed E-state index contributed by atoms with van der Waals surface area (Å²) in [5, 5.41) is 7.02. The van der Waals surface area contributed by atoms with Crippen molar-refractivity contribution in [2.24, 2.45) is 0 Å². The van der Waals surface area contributed by atoms with Gasteiger partial charge in [0.25, 0.3) is 0 Å². The summed E-state index contributed by atoms with van der Waals surface area (Å²) < 4.78 is 41.6. The number of hydrogen-bond donors (Lipinski definition) is 1. The Balaban J connectivity index is 1.57. The van der Waals surface area contributed by atoms with Crippen LogP contribution in [0.3, 0.4) is 0 Å². The SMILES string of the molecule is CCOc1ccc(Cn2cc(NC(=O)/C=C\c3ccc(OC(F)F)cc3)cn2)cc1OCC. The fraction of sp³-hybridized carbons (Fsp3) is 0.250. The van der Waals surface area contributed by atoms with E-state index in [2.05, 4.69) is 15.2 Å². The second-order valence-corrected chi connectivity index (χ2v) is 6.84. The summed E-state index contributed by atoms with van der Waals surface area (Å²) in [6.07, 6.45) is 6.20. The fourth-order valence-corrected chi connectivity index (χ4v) is 3.01. The van der Waals surface area contributed by atoms with Gasteiger partial charge in [0.15, 0.2) is 11.5 Å². The molecule has 0 saturated heterocycles. The monoisotopic (exact) mass is 457 g/mol. The van der Waals surface area contributed by atoms with E-state index in [9.17, 15) is 13.6 Å². The number of anilines is 1. The first-order chi connectivity index (χ1) is 16.0. The minimum atomic E-state index is -2.88. The van der Waals surface area contributed by atoms with Crippen LogP contribution in [0.5, 0.6) is 17.2 Å². The second kappa shape index (κ2) is 11.7. The van der Waals surface area contributed by atoms with Gasteiger partial charge >= 0.3 is 6.61 Å². The average Bonchev–Trinajstić information content (AvgIpc) is 3.21. The van der Waals surface area contributed by atoms with Crippen LogP contribution in [-0.2, 0) is 11.3 Å². The van der Waals surface area contributed by atoms with Crippen molar-refractivity contribution in [3.63, 3.8) is 0 Å². The molecule has 0 aliphatic rings. The molecule has 2 aromatic carbocycles. The van der Waals surface area contributed by atoms with Gasteiger partial charge in [0.05, 0.1) is 31.6 Å². The number of nitrogens with zero attached hydrogens (tertiary/aromatic N) is 2. The number of ether oxygens (including phenoxy) is 3. The molecule has 0 aliphatic heterocycles. The van der Waals surface area contributed by atoms with Gasteiger partial charge in [-0.1, -0.05) is 18.2 Å². The van der Waals surface area contributed by atoms with E-state index in [0.29, 0.717) is 42.5 Å². The summed E-state index contributed by atoms with van der Waals surface area (Å²) in [5.41, 5.74) is 2.19. The van der Waals surface area contributed by atoms with Crippen molar-refractivity contribution in [1.29, 1.82) is 0 Å². The molecule has 9 heteroatoms. The number of carbonyl (C=O) groups is 1. The Labute approximate surface area is 190 Å². The number of carbonyl (C=O) groups excluding carboxylic acids is 1. The third-order valence-electron chi connectivity index (χ3n) is 4.39. The highest BCUT2D eigenvalue weighted by atomic mass is 19.3. The van der Waals surface area contributed by atoms with E-state index in [1.54, 1.807) is 35.3 Å². The molecule has 0 fully saturated rings. The van der Waals surface area contributed by atoms with E-state index < -0.39 is 6.61 Å². The maximum Gasteiger partial charge on any atom is 0.387 e. The van der Waals surface area contributed by atoms with Crippen LogP contribution in [0.15, 0.2) is 60.9 Å².